The summed E-state index contributed by atoms with van der Waals surface area (Å²) in [6.07, 6.45) is 1.06. The number of hydrogen-bond donors (Lipinski definition) is 3. The lowest BCUT2D eigenvalue weighted by Crippen LogP contribution is -2.17. The summed E-state index contributed by atoms with van der Waals surface area (Å²) < 4.78 is 0.125. The minimum atomic E-state index is -0.664. The average Bonchev–Trinajstić information content (AvgIpc) is 2.51. The molecule has 0 aromatic heterocycles. The number of phenols is 2. The van der Waals surface area contributed by atoms with Crippen molar-refractivity contribution in [2.45, 2.75) is 0 Å². The Bertz CT molecular complexity index is 807. The van der Waals surface area contributed by atoms with Crippen LogP contribution in [-0.4, -0.2) is 27.3 Å². The number of phenolic OH excluding ortho intramolecular Hbond substituents is 2. The van der Waals surface area contributed by atoms with Crippen molar-refractivity contribution in [3.63, 3.8) is 0 Å². The van der Waals surface area contributed by atoms with Crippen LogP contribution in [0.5, 0.6) is 11.5 Å². The zero-order valence-corrected chi connectivity index (χ0v) is 13.0. The fourth-order valence-electron chi connectivity index (χ4n) is 1.70. The SMILES string of the molecule is O=C(NN=Cc1cc([N+](=O)[O-])cc(Br)c1O)c1ccccc1O. The fraction of sp³-hybridized carbons (Fsp3) is 0. The monoisotopic (exact) mass is 379 g/mol. The van der Waals surface area contributed by atoms with Crippen molar-refractivity contribution >= 4 is 33.7 Å². The van der Waals surface area contributed by atoms with Crippen molar-refractivity contribution in [2.75, 3.05) is 0 Å². The van der Waals surface area contributed by atoms with E-state index in [0.29, 0.717) is 0 Å². The molecule has 0 radical (unpaired) electrons. The summed E-state index contributed by atoms with van der Waals surface area (Å²) in [6.45, 7) is 0. The Kier molecular flexibility index (Phi) is 4.91. The second-order valence-corrected chi connectivity index (χ2v) is 5.19. The number of hydrogen-bond acceptors (Lipinski definition) is 6. The molecule has 0 aliphatic rings. The van der Waals surface area contributed by atoms with Gasteiger partial charge in [0.15, 0.2) is 0 Å². The van der Waals surface area contributed by atoms with E-state index in [1.54, 1.807) is 12.1 Å². The molecule has 2 rings (SSSR count). The maximum absolute atomic E-state index is 11.8. The molecule has 0 aliphatic carbocycles. The Morgan fingerprint density at radius 3 is 2.65 bits per heavy atom. The molecule has 0 spiro atoms. The molecule has 0 heterocycles. The molecular formula is C14H10BrN3O5. The van der Waals surface area contributed by atoms with E-state index >= 15 is 0 Å². The van der Waals surface area contributed by atoms with Gasteiger partial charge in [-0.25, -0.2) is 5.43 Å². The molecule has 0 saturated heterocycles. The maximum Gasteiger partial charge on any atom is 0.275 e. The van der Waals surface area contributed by atoms with E-state index in [0.717, 1.165) is 18.3 Å². The van der Waals surface area contributed by atoms with Gasteiger partial charge in [-0.1, -0.05) is 12.1 Å². The van der Waals surface area contributed by atoms with E-state index in [1.807, 2.05) is 0 Å². The van der Waals surface area contributed by atoms with Crippen LogP contribution in [0.2, 0.25) is 0 Å². The number of non-ortho nitro benzene ring substituents is 1. The normalized spacial score (nSPS) is 10.7. The van der Waals surface area contributed by atoms with Crippen LogP contribution < -0.4 is 5.43 Å². The second kappa shape index (κ2) is 6.88. The van der Waals surface area contributed by atoms with E-state index in [9.17, 15) is 25.1 Å². The summed E-state index contributed by atoms with van der Waals surface area (Å²) in [5, 5.41) is 33.8. The van der Waals surface area contributed by atoms with Gasteiger partial charge in [-0.05, 0) is 28.1 Å². The van der Waals surface area contributed by atoms with Crippen molar-refractivity contribution in [1.29, 1.82) is 0 Å². The molecule has 2 aromatic carbocycles. The quantitative estimate of drug-likeness (QED) is 0.427. The van der Waals surface area contributed by atoms with E-state index in [1.165, 1.54) is 12.1 Å². The van der Waals surface area contributed by atoms with Crippen molar-refractivity contribution in [2.24, 2.45) is 5.10 Å². The number of carbonyl (C=O) groups is 1. The van der Waals surface area contributed by atoms with Crippen LogP contribution in [-0.2, 0) is 0 Å². The number of rotatable bonds is 4. The lowest BCUT2D eigenvalue weighted by Gasteiger charge is -2.03. The van der Waals surface area contributed by atoms with Crippen molar-refractivity contribution in [3.05, 3.63) is 62.1 Å². The first kappa shape index (κ1) is 16.4. The number of nitro benzene ring substituents is 1. The van der Waals surface area contributed by atoms with Gasteiger partial charge < -0.3 is 10.2 Å². The van der Waals surface area contributed by atoms with Crippen molar-refractivity contribution in [3.8, 4) is 11.5 Å². The molecule has 3 N–H and O–H groups in total. The molecule has 9 heteroatoms. The number of amides is 1. The van der Waals surface area contributed by atoms with Gasteiger partial charge in [0.25, 0.3) is 11.6 Å². The molecule has 0 fully saturated rings. The molecule has 0 aliphatic heterocycles. The minimum Gasteiger partial charge on any atom is -0.507 e. The summed E-state index contributed by atoms with van der Waals surface area (Å²) >= 11 is 3.00. The molecule has 118 valence electrons. The van der Waals surface area contributed by atoms with Crippen LogP contribution in [0.15, 0.2) is 46.0 Å². The number of aromatic hydroxyl groups is 2. The standard InChI is InChI=1S/C14H10BrN3O5/c15-11-6-9(18(22)23)5-8(13(11)20)7-16-17-14(21)10-3-1-2-4-12(10)19/h1-7,19-20H,(H,17,21). The van der Waals surface area contributed by atoms with Crippen LogP contribution in [0.3, 0.4) is 0 Å². The third kappa shape index (κ3) is 3.83. The summed E-state index contributed by atoms with van der Waals surface area (Å²) in [5.74, 6) is -1.12. The highest BCUT2D eigenvalue weighted by molar-refractivity contribution is 9.10. The zero-order chi connectivity index (χ0) is 17.0. The van der Waals surface area contributed by atoms with Crippen LogP contribution in [0.1, 0.15) is 15.9 Å². The number of para-hydroxylation sites is 1. The molecule has 1 amide bonds. The Balaban J connectivity index is 2.19. The molecule has 0 unspecified atom stereocenters. The highest BCUT2D eigenvalue weighted by Crippen LogP contribution is 2.31. The van der Waals surface area contributed by atoms with E-state index < -0.39 is 10.8 Å². The predicted molar refractivity (Wildman–Crippen MR) is 85.6 cm³/mol. The van der Waals surface area contributed by atoms with Gasteiger partial charge in [-0.15, -0.1) is 0 Å². The Morgan fingerprint density at radius 2 is 2.00 bits per heavy atom. The molecule has 2 aromatic rings. The number of halogens is 1. The molecular weight excluding hydrogens is 370 g/mol. The lowest BCUT2D eigenvalue weighted by molar-refractivity contribution is -0.385. The lowest BCUT2D eigenvalue weighted by atomic mass is 10.2. The topological polar surface area (TPSA) is 125 Å². The predicted octanol–water partition coefficient (Wildman–Crippen LogP) is 2.53. The van der Waals surface area contributed by atoms with Gasteiger partial charge in [0.05, 0.1) is 21.2 Å². The van der Waals surface area contributed by atoms with Crippen molar-refractivity contribution in [1.82, 2.24) is 5.43 Å². The Labute approximate surface area is 138 Å². The van der Waals surface area contributed by atoms with Gasteiger partial charge in [0, 0.05) is 17.7 Å². The van der Waals surface area contributed by atoms with Gasteiger partial charge in [0.1, 0.15) is 11.5 Å². The summed E-state index contributed by atoms with van der Waals surface area (Å²) in [5.41, 5.74) is 1.98. The van der Waals surface area contributed by atoms with Crippen LogP contribution in [0.4, 0.5) is 5.69 Å². The highest BCUT2D eigenvalue weighted by atomic mass is 79.9. The van der Waals surface area contributed by atoms with E-state index in [2.05, 4.69) is 26.5 Å². The number of carbonyl (C=O) groups excluding carboxylic acids is 1. The minimum absolute atomic E-state index is 0.0223. The van der Waals surface area contributed by atoms with Crippen LogP contribution in [0.25, 0.3) is 0 Å². The number of hydrazone groups is 1. The smallest absolute Gasteiger partial charge is 0.275 e. The van der Waals surface area contributed by atoms with Gasteiger partial charge in [-0.2, -0.15) is 5.10 Å². The largest absolute Gasteiger partial charge is 0.507 e. The molecule has 0 bridgehead atoms. The maximum atomic E-state index is 11.8. The summed E-state index contributed by atoms with van der Waals surface area (Å²) in [6, 6.07) is 8.14. The number of nitrogens with one attached hydrogen (secondary N) is 1. The zero-order valence-electron chi connectivity index (χ0n) is 11.4. The first-order chi connectivity index (χ1) is 10.9. The molecule has 0 saturated carbocycles. The van der Waals surface area contributed by atoms with Gasteiger partial charge >= 0.3 is 0 Å². The van der Waals surface area contributed by atoms with E-state index in [-0.39, 0.29) is 32.8 Å². The number of nitrogens with zero attached hydrogens (tertiary/aromatic N) is 2. The third-order valence-electron chi connectivity index (χ3n) is 2.81. The van der Waals surface area contributed by atoms with Crippen LogP contribution in [0, 0.1) is 10.1 Å². The van der Waals surface area contributed by atoms with E-state index in [4.69, 9.17) is 0 Å². The molecule has 0 atom stereocenters. The summed E-state index contributed by atoms with van der Waals surface area (Å²) in [7, 11) is 0. The van der Waals surface area contributed by atoms with Gasteiger partial charge in [0.2, 0.25) is 0 Å². The summed E-state index contributed by atoms with van der Waals surface area (Å²) in [4.78, 5) is 22.0. The highest BCUT2D eigenvalue weighted by Gasteiger charge is 2.14. The number of nitro groups is 1. The van der Waals surface area contributed by atoms with Crippen molar-refractivity contribution < 1.29 is 19.9 Å². The first-order valence-electron chi connectivity index (χ1n) is 6.18. The first-order valence-corrected chi connectivity index (χ1v) is 6.97. The number of benzene rings is 2. The van der Waals surface area contributed by atoms with Gasteiger partial charge in [-0.3, -0.25) is 14.9 Å². The molecule has 8 nitrogen and oxygen atoms in total. The van der Waals surface area contributed by atoms with Crippen LogP contribution >= 0.6 is 15.9 Å². The fourth-order valence-corrected chi connectivity index (χ4v) is 2.16. The average molecular weight is 380 g/mol. The second-order valence-electron chi connectivity index (χ2n) is 4.34. The third-order valence-corrected chi connectivity index (χ3v) is 3.41. The Hall–Kier alpha value is -2.94. The molecule has 23 heavy (non-hydrogen) atoms. The Morgan fingerprint density at radius 1 is 1.30 bits per heavy atom.